The maximum atomic E-state index is 12.2. The van der Waals surface area contributed by atoms with E-state index in [0.717, 1.165) is 5.06 Å². The summed E-state index contributed by atoms with van der Waals surface area (Å²) in [6.07, 6.45) is 0. The fourth-order valence-electron chi connectivity index (χ4n) is 1.53. The van der Waals surface area contributed by atoms with Crippen LogP contribution in [-0.4, -0.2) is 11.4 Å². The Bertz CT molecular complexity index is 535. The molecule has 0 fully saturated rings. The zero-order chi connectivity index (χ0) is 13.2. The van der Waals surface area contributed by atoms with E-state index in [1.54, 1.807) is 0 Å². The van der Waals surface area contributed by atoms with E-state index < -0.39 is 0 Å². The van der Waals surface area contributed by atoms with Gasteiger partial charge >= 0.3 is 0 Å². The third-order valence-corrected chi connectivity index (χ3v) is 3.21. The Balaban J connectivity index is 2.18. The smallest absolute Gasteiger partial charge is 0.203 e. The number of carbonyl (C=O) groups is 1. The van der Waals surface area contributed by atoms with Crippen molar-refractivity contribution < 1.29 is 9.53 Å². The highest BCUT2D eigenvalue weighted by atomic mass is 32.1. The molecular formula is C15H16O2S. The molecule has 0 spiro atoms. The molecule has 3 heteroatoms. The normalized spacial score (nSPS) is 11.3. The minimum atomic E-state index is -0.238. The molecule has 2 aromatic rings. The molecule has 0 aliphatic heterocycles. The van der Waals surface area contributed by atoms with Crippen LogP contribution in [0.4, 0.5) is 0 Å². The van der Waals surface area contributed by atoms with Crippen molar-refractivity contribution in [2.24, 2.45) is 0 Å². The number of rotatable bonds is 3. The van der Waals surface area contributed by atoms with Crippen molar-refractivity contribution >= 4 is 17.1 Å². The van der Waals surface area contributed by atoms with E-state index in [1.165, 1.54) is 11.3 Å². The first-order valence-electron chi connectivity index (χ1n) is 5.84. The molecule has 0 saturated heterocycles. The van der Waals surface area contributed by atoms with Crippen LogP contribution in [0.3, 0.4) is 0 Å². The Morgan fingerprint density at radius 3 is 2.33 bits per heavy atom. The maximum Gasteiger partial charge on any atom is 0.203 e. The fraction of sp³-hybridized carbons (Fsp3) is 0.267. The molecule has 1 heterocycles. The SMILES string of the molecule is CC(C)(C)Oc1ccc(C(=O)c2ccccc2)s1. The predicted molar refractivity (Wildman–Crippen MR) is 74.6 cm³/mol. The van der Waals surface area contributed by atoms with E-state index >= 15 is 0 Å². The van der Waals surface area contributed by atoms with Crippen LogP contribution in [0, 0.1) is 0 Å². The second-order valence-corrected chi connectivity index (χ2v) is 6.07. The molecule has 0 bridgehead atoms. The fourth-order valence-corrected chi connectivity index (χ4v) is 2.52. The van der Waals surface area contributed by atoms with Gasteiger partial charge in [-0.1, -0.05) is 41.7 Å². The summed E-state index contributed by atoms with van der Waals surface area (Å²) in [4.78, 5) is 12.9. The van der Waals surface area contributed by atoms with Gasteiger partial charge in [-0.05, 0) is 32.9 Å². The number of benzene rings is 1. The quantitative estimate of drug-likeness (QED) is 0.775. The largest absolute Gasteiger partial charge is 0.479 e. The van der Waals surface area contributed by atoms with E-state index in [0.29, 0.717) is 10.4 Å². The van der Waals surface area contributed by atoms with Crippen LogP contribution >= 0.6 is 11.3 Å². The lowest BCUT2D eigenvalue weighted by molar-refractivity contribution is 0.104. The van der Waals surface area contributed by atoms with E-state index in [9.17, 15) is 4.79 Å². The molecule has 0 aliphatic carbocycles. The molecule has 2 nitrogen and oxygen atoms in total. The summed E-state index contributed by atoms with van der Waals surface area (Å²) in [6, 6.07) is 13.0. The molecular weight excluding hydrogens is 244 g/mol. The Morgan fingerprint density at radius 2 is 1.72 bits per heavy atom. The summed E-state index contributed by atoms with van der Waals surface area (Å²) in [5.74, 6) is 0.0457. The number of ether oxygens (including phenoxy) is 1. The van der Waals surface area contributed by atoms with E-state index in [1.807, 2.05) is 63.2 Å². The molecule has 94 valence electrons. The average Bonchev–Trinajstić information content (AvgIpc) is 2.75. The van der Waals surface area contributed by atoms with Crippen molar-refractivity contribution in [1.82, 2.24) is 0 Å². The third-order valence-electron chi connectivity index (χ3n) is 2.25. The van der Waals surface area contributed by atoms with Gasteiger partial charge < -0.3 is 4.74 Å². The molecule has 0 N–H and O–H groups in total. The lowest BCUT2D eigenvalue weighted by atomic mass is 10.1. The summed E-state index contributed by atoms with van der Waals surface area (Å²) in [5.41, 5.74) is 0.472. The molecule has 1 aromatic carbocycles. The van der Waals surface area contributed by atoms with Gasteiger partial charge in [-0.25, -0.2) is 0 Å². The zero-order valence-corrected chi connectivity index (χ0v) is 11.6. The summed E-state index contributed by atoms with van der Waals surface area (Å²) >= 11 is 1.39. The zero-order valence-electron chi connectivity index (χ0n) is 10.8. The Morgan fingerprint density at radius 1 is 1.06 bits per heavy atom. The molecule has 0 aliphatic rings. The van der Waals surface area contributed by atoms with Gasteiger partial charge in [-0.3, -0.25) is 4.79 Å². The minimum absolute atomic E-state index is 0.0457. The van der Waals surface area contributed by atoms with Gasteiger partial charge in [0.2, 0.25) is 5.78 Å². The van der Waals surface area contributed by atoms with Crippen molar-refractivity contribution in [3.8, 4) is 5.06 Å². The van der Waals surface area contributed by atoms with Crippen molar-refractivity contribution in [3.63, 3.8) is 0 Å². The first-order valence-corrected chi connectivity index (χ1v) is 6.66. The second-order valence-electron chi connectivity index (χ2n) is 5.03. The number of ketones is 1. The van der Waals surface area contributed by atoms with Crippen LogP contribution in [0.25, 0.3) is 0 Å². The summed E-state index contributed by atoms with van der Waals surface area (Å²) in [5, 5.41) is 0.779. The lowest BCUT2D eigenvalue weighted by Crippen LogP contribution is -2.22. The van der Waals surface area contributed by atoms with Gasteiger partial charge in [0, 0.05) is 5.56 Å². The number of thiophene rings is 1. The van der Waals surface area contributed by atoms with E-state index in [-0.39, 0.29) is 11.4 Å². The number of carbonyl (C=O) groups excluding carboxylic acids is 1. The Kier molecular flexibility index (Phi) is 3.53. The standard InChI is InChI=1S/C15H16O2S/c1-15(2,3)17-13-10-9-12(18-13)14(16)11-7-5-4-6-8-11/h4-10H,1-3H3. The van der Waals surface area contributed by atoms with Crippen LogP contribution < -0.4 is 4.74 Å². The molecule has 0 atom stereocenters. The van der Waals surface area contributed by atoms with Crippen LogP contribution in [0.2, 0.25) is 0 Å². The van der Waals surface area contributed by atoms with Crippen molar-refractivity contribution in [1.29, 1.82) is 0 Å². The Hall–Kier alpha value is -1.61. The second kappa shape index (κ2) is 4.94. The van der Waals surface area contributed by atoms with Gasteiger partial charge in [-0.2, -0.15) is 0 Å². The summed E-state index contributed by atoms with van der Waals surface area (Å²) in [6.45, 7) is 5.97. The van der Waals surface area contributed by atoms with Crippen LogP contribution in [0.5, 0.6) is 5.06 Å². The molecule has 0 saturated carbocycles. The Labute approximate surface area is 111 Å². The molecule has 0 amide bonds. The highest BCUT2D eigenvalue weighted by Crippen LogP contribution is 2.29. The van der Waals surface area contributed by atoms with Gasteiger partial charge in [0.1, 0.15) is 5.60 Å². The topological polar surface area (TPSA) is 26.3 Å². The van der Waals surface area contributed by atoms with Crippen molar-refractivity contribution in [2.75, 3.05) is 0 Å². The van der Waals surface area contributed by atoms with Gasteiger partial charge in [-0.15, -0.1) is 0 Å². The first-order chi connectivity index (χ1) is 8.46. The van der Waals surface area contributed by atoms with Crippen molar-refractivity contribution in [2.45, 2.75) is 26.4 Å². The number of hydrogen-bond donors (Lipinski definition) is 0. The van der Waals surface area contributed by atoms with E-state index in [4.69, 9.17) is 4.74 Å². The van der Waals surface area contributed by atoms with Crippen LogP contribution in [-0.2, 0) is 0 Å². The van der Waals surface area contributed by atoms with E-state index in [2.05, 4.69) is 0 Å². The van der Waals surface area contributed by atoms with Crippen molar-refractivity contribution in [3.05, 3.63) is 52.9 Å². The third kappa shape index (κ3) is 3.20. The van der Waals surface area contributed by atoms with Gasteiger partial charge in [0.25, 0.3) is 0 Å². The maximum absolute atomic E-state index is 12.2. The lowest BCUT2D eigenvalue weighted by Gasteiger charge is -2.19. The number of hydrogen-bond acceptors (Lipinski definition) is 3. The van der Waals surface area contributed by atoms with Gasteiger partial charge in [0.15, 0.2) is 5.06 Å². The molecule has 0 radical (unpaired) electrons. The summed E-state index contributed by atoms with van der Waals surface area (Å²) < 4.78 is 5.73. The highest BCUT2D eigenvalue weighted by molar-refractivity contribution is 7.16. The molecule has 1 aromatic heterocycles. The molecule has 0 unspecified atom stereocenters. The average molecular weight is 260 g/mol. The minimum Gasteiger partial charge on any atom is -0.479 e. The summed E-state index contributed by atoms with van der Waals surface area (Å²) in [7, 11) is 0. The van der Waals surface area contributed by atoms with Gasteiger partial charge in [0.05, 0.1) is 4.88 Å². The van der Waals surface area contributed by atoms with Crippen LogP contribution in [0.1, 0.15) is 36.0 Å². The molecule has 18 heavy (non-hydrogen) atoms. The first kappa shape index (κ1) is 12.8. The van der Waals surface area contributed by atoms with Crippen LogP contribution in [0.15, 0.2) is 42.5 Å². The molecule has 2 rings (SSSR count). The monoisotopic (exact) mass is 260 g/mol. The predicted octanol–water partition coefficient (Wildman–Crippen LogP) is 4.16. The highest BCUT2D eigenvalue weighted by Gasteiger charge is 2.16.